The van der Waals surface area contributed by atoms with E-state index in [1.165, 1.54) is 12.0 Å². The number of esters is 1. The van der Waals surface area contributed by atoms with E-state index in [1.54, 1.807) is 0 Å². The summed E-state index contributed by atoms with van der Waals surface area (Å²) in [6.45, 7) is 0.992. The van der Waals surface area contributed by atoms with Gasteiger partial charge in [0.25, 0.3) is 0 Å². The topological polar surface area (TPSA) is 94.2 Å². The molecular weight excluding hydrogens is 484 g/mol. The number of nitrogens with one attached hydrogen (secondary N) is 1. The second-order valence-electron chi connectivity index (χ2n) is 9.10. The minimum atomic E-state index is -0.897. The van der Waals surface area contributed by atoms with Gasteiger partial charge >= 0.3 is 12.1 Å². The third-order valence-electron chi connectivity index (χ3n) is 6.41. The van der Waals surface area contributed by atoms with Crippen molar-refractivity contribution in [1.29, 1.82) is 0 Å². The summed E-state index contributed by atoms with van der Waals surface area (Å²) in [7, 11) is 1.28. The van der Waals surface area contributed by atoms with Crippen LogP contribution in [-0.2, 0) is 38.7 Å². The van der Waals surface area contributed by atoms with Crippen molar-refractivity contribution in [2.45, 2.75) is 44.6 Å². The van der Waals surface area contributed by atoms with Crippen molar-refractivity contribution >= 4 is 18.0 Å². The zero-order chi connectivity index (χ0) is 26.7. The number of hydrogen-bond acceptors (Lipinski definition) is 6. The van der Waals surface area contributed by atoms with Gasteiger partial charge < -0.3 is 19.5 Å². The molecule has 8 heteroatoms. The van der Waals surface area contributed by atoms with E-state index in [0.29, 0.717) is 31.7 Å². The molecule has 1 fully saturated rings. The molecule has 1 aliphatic heterocycles. The van der Waals surface area contributed by atoms with Gasteiger partial charge in [-0.2, -0.15) is 0 Å². The molecule has 0 unspecified atom stereocenters. The predicted molar refractivity (Wildman–Crippen MR) is 141 cm³/mol. The van der Waals surface area contributed by atoms with Gasteiger partial charge in [-0.05, 0) is 41.7 Å². The minimum Gasteiger partial charge on any atom is -0.489 e. The molecule has 0 saturated carbocycles. The van der Waals surface area contributed by atoms with Crippen molar-refractivity contribution in [1.82, 2.24) is 10.2 Å². The molecule has 1 N–H and O–H groups in total. The molecule has 0 aliphatic carbocycles. The molecule has 0 radical (unpaired) electrons. The van der Waals surface area contributed by atoms with Gasteiger partial charge in [0.2, 0.25) is 5.91 Å². The van der Waals surface area contributed by atoms with E-state index in [1.807, 2.05) is 84.9 Å². The van der Waals surface area contributed by atoms with Crippen LogP contribution in [0.3, 0.4) is 0 Å². The smallest absolute Gasteiger partial charge is 0.410 e. The second-order valence-corrected chi connectivity index (χ2v) is 9.10. The van der Waals surface area contributed by atoms with Crippen LogP contribution >= 0.6 is 0 Å². The number of carbonyl (C=O) groups excluding carboxylic acids is 3. The monoisotopic (exact) mass is 516 g/mol. The summed E-state index contributed by atoms with van der Waals surface area (Å²) in [6, 6.07) is 25.0. The van der Waals surface area contributed by atoms with Gasteiger partial charge in [0.15, 0.2) is 0 Å². The molecule has 198 valence electrons. The third kappa shape index (κ3) is 7.35. The molecule has 3 aromatic carbocycles. The first kappa shape index (κ1) is 26.7. The van der Waals surface area contributed by atoms with Crippen LogP contribution in [-0.4, -0.2) is 48.6 Å². The van der Waals surface area contributed by atoms with Crippen molar-refractivity contribution in [3.8, 4) is 5.75 Å². The van der Waals surface area contributed by atoms with Crippen molar-refractivity contribution in [2.75, 3.05) is 13.7 Å². The number of carbonyl (C=O) groups is 3. The maximum Gasteiger partial charge on any atom is 0.410 e. The van der Waals surface area contributed by atoms with Crippen LogP contribution in [0.5, 0.6) is 5.75 Å². The lowest BCUT2D eigenvalue weighted by molar-refractivity contribution is -0.145. The summed E-state index contributed by atoms with van der Waals surface area (Å²) in [4.78, 5) is 39.8. The van der Waals surface area contributed by atoms with Gasteiger partial charge in [-0.15, -0.1) is 0 Å². The Morgan fingerprint density at radius 3 is 2.13 bits per heavy atom. The largest absolute Gasteiger partial charge is 0.489 e. The first-order chi connectivity index (χ1) is 18.5. The molecule has 2 atom stereocenters. The Morgan fingerprint density at radius 1 is 0.868 bits per heavy atom. The van der Waals surface area contributed by atoms with E-state index in [0.717, 1.165) is 16.7 Å². The summed E-state index contributed by atoms with van der Waals surface area (Å²) >= 11 is 0. The molecule has 2 amide bonds. The van der Waals surface area contributed by atoms with Gasteiger partial charge in [-0.1, -0.05) is 72.8 Å². The van der Waals surface area contributed by atoms with Gasteiger partial charge in [0, 0.05) is 13.0 Å². The molecule has 1 saturated heterocycles. The summed E-state index contributed by atoms with van der Waals surface area (Å²) in [5, 5.41) is 2.78. The highest BCUT2D eigenvalue weighted by Crippen LogP contribution is 2.20. The maximum absolute atomic E-state index is 13.1. The van der Waals surface area contributed by atoms with Gasteiger partial charge in [-0.3, -0.25) is 9.69 Å². The average Bonchev–Trinajstić information content (AvgIpc) is 3.46. The zero-order valence-electron chi connectivity index (χ0n) is 21.4. The fraction of sp³-hybridized carbons (Fsp3) is 0.300. The molecule has 4 rings (SSSR count). The Hall–Kier alpha value is -4.33. The number of likely N-dealkylation sites (tertiary alicyclic amines) is 1. The molecule has 1 aliphatic rings. The summed E-state index contributed by atoms with van der Waals surface area (Å²) < 4.78 is 16.2. The fourth-order valence-corrected chi connectivity index (χ4v) is 4.36. The number of nitrogens with zero attached hydrogens (tertiary/aromatic N) is 1. The van der Waals surface area contributed by atoms with Crippen LogP contribution in [0.1, 0.15) is 29.5 Å². The molecule has 0 spiro atoms. The number of benzene rings is 3. The van der Waals surface area contributed by atoms with E-state index in [9.17, 15) is 14.4 Å². The highest BCUT2D eigenvalue weighted by Gasteiger charge is 2.37. The average molecular weight is 517 g/mol. The third-order valence-corrected chi connectivity index (χ3v) is 6.41. The quantitative estimate of drug-likeness (QED) is 0.405. The van der Waals surface area contributed by atoms with Crippen LogP contribution in [0.2, 0.25) is 0 Å². The van der Waals surface area contributed by atoms with E-state index < -0.39 is 30.1 Å². The van der Waals surface area contributed by atoms with E-state index in [2.05, 4.69) is 5.32 Å². The molecule has 0 bridgehead atoms. The Morgan fingerprint density at radius 2 is 1.50 bits per heavy atom. The van der Waals surface area contributed by atoms with Crippen LogP contribution in [0, 0.1) is 0 Å². The summed E-state index contributed by atoms with van der Waals surface area (Å²) in [6.07, 6.45) is 0.856. The van der Waals surface area contributed by atoms with E-state index in [4.69, 9.17) is 14.2 Å². The van der Waals surface area contributed by atoms with Crippen LogP contribution in [0.15, 0.2) is 84.9 Å². The first-order valence-electron chi connectivity index (χ1n) is 12.6. The zero-order valence-corrected chi connectivity index (χ0v) is 21.4. The van der Waals surface area contributed by atoms with Gasteiger partial charge in [-0.25, -0.2) is 9.59 Å². The number of methoxy groups -OCH3 is 1. The lowest BCUT2D eigenvalue weighted by Crippen LogP contribution is -2.51. The van der Waals surface area contributed by atoms with Gasteiger partial charge in [0.1, 0.15) is 31.0 Å². The Balaban J connectivity index is 1.33. The number of hydrogen-bond donors (Lipinski definition) is 1. The standard InChI is InChI=1S/C30H32N2O6/c1-36-29(34)26(19-22-14-16-25(17-15-22)37-20-23-9-4-2-5-10-23)31-28(33)27-13-8-18-32(27)30(35)38-21-24-11-6-3-7-12-24/h2-7,9-12,14-17,26-27H,8,13,18-21H2,1H3,(H,31,33)/t26-,27+/m0/s1. The highest BCUT2D eigenvalue weighted by molar-refractivity contribution is 5.90. The number of amides is 2. The van der Waals surface area contributed by atoms with Gasteiger partial charge in [0.05, 0.1) is 7.11 Å². The van der Waals surface area contributed by atoms with Crippen LogP contribution < -0.4 is 10.1 Å². The summed E-state index contributed by atoms with van der Waals surface area (Å²) in [5.74, 6) is -0.261. The Labute approximate surface area is 222 Å². The van der Waals surface area contributed by atoms with Crippen LogP contribution in [0.25, 0.3) is 0 Å². The van der Waals surface area contributed by atoms with Crippen LogP contribution in [0.4, 0.5) is 4.79 Å². The van der Waals surface area contributed by atoms with E-state index in [-0.39, 0.29) is 13.0 Å². The molecule has 3 aromatic rings. The highest BCUT2D eigenvalue weighted by atomic mass is 16.6. The maximum atomic E-state index is 13.1. The lowest BCUT2D eigenvalue weighted by Gasteiger charge is -2.25. The van der Waals surface area contributed by atoms with Crippen molar-refractivity contribution < 1.29 is 28.6 Å². The summed E-state index contributed by atoms with van der Waals surface area (Å²) in [5.41, 5.74) is 2.76. The molecule has 38 heavy (non-hydrogen) atoms. The van der Waals surface area contributed by atoms with Crippen molar-refractivity contribution in [3.63, 3.8) is 0 Å². The van der Waals surface area contributed by atoms with Crippen molar-refractivity contribution in [2.24, 2.45) is 0 Å². The molecule has 0 aromatic heterocycles. The fourth-order valence-electron chi connectivity index (χ4n) is 4.36. The van der Waals surface area contributed by atoms with Crippen molar-refractivity contribution in [3.05, 3.63) is 102 Å². The minimum absolute atomic E-state index is 0.125. The Bertz CT molecular complexity index is 1200. The lowest BCUT2D eigenvalue weighted by atomic mass is 10.0. The predicted octanol–water partition coefficient (Wildman–Crippen LogP) is 4.27. The first-order valence-corrected chi connectivity index (χ1v) is 12.6. The molecular formula is C30H32N2O6. The Kier molecular flexibility index (Phi) is 9.34. The van der Waals surface area contributed by atoms with E-state index >= 15 is 0 Å². The second kappa shape index (κ2) is 13.3. The molecule has 8 nitrogen and oxygen atoms in total. The number of rotatable bonds is 10. The SMILES string of the molecule is COC(=O)[C@H](Cc1ccc(OCc2ccccc2)cc1)NC(=O)[C@H]1CCCN1C(=O)OCc1ccccc1. The normalized spacial score (nSPS) is 15.4. The molecule has 1 heterocycles. The number of ether oxygens (including phenoxy) is 3.